The van der Waals surface area contributed by atoms with Gasteiger partial charge in [0.15, 0.2) is 4.80 Å². The molecule has 0 saturated carbocycles. The van der Waals surface area contributed by atoms with Crippen molar-refractivity contribution < 1.29 is 14.3 Å². The van der Waals surface area contributed by atoms with Crippen molar-refractivity contribution in [2.24, 2.45) is 4.99 Å². The summed E-state index contributed by atoms with van der Waals surface area (Å²) in [6, 6.07) is 31.6. The number of thiazole rings is 1. The zero-order valence-electron chi connectivity index (χ0n) is 24.7. The third-order valence-corrected chi connectivity index (χ3v) is 8.83. The minimum atomic E-state index is -0.688. The third-order valence-electron chi connectivity index (χ3n) is 7.32. The van der Waals surface area contributed by atoms with Crippen LogP contribution in [0.1, 0.15) is 36.6 Å². The van der Waals surface area contributed by atoms with Crippen molar-refractivity contribution in [1.29, 1.82) is 0 Å². The number of rotatable bonds is 9. The van der Waals surface area contributed by atoms with Gasteiger partial charge in [0.25, 0.3) is 11.5 Å². The average Bonchev–Trinajstić information content (AvgIpc) is 3.35. The highest BCUT2D eigenvalue weighted by Crippen LogP contribution is 2.32. The number of fused-ring (bicyclic) bond motifs is 1. The summed E-state index contributed by atoms with van der Waals surface area (Å²) < 4.78 is 14.9. The van der Waals surface area contributed by atoms with Gasteiger partial charge in [0.05, 0.1) is 28.5 Å². The van der Waals surface area contributed by atoms with E-state index in [1.165, 1.54) is 11.3 Å². The molecule has 1 atom stereocenters. The molecule has 0 radical (unpaired) electrons. The van der Waals surface area contributed by atoms with Crippen LogP contribution in [0.4, 0.5) is 5.69 Å². The van der Waals surface area contributed by atoms with Crippen LogP contribution in [0.3, 0.4) is 0 Å². The maximum atomic E-state index is 14.2. The minimum Gasteiger partial charge on any atom is -0.494 e. The van der Waals surface area contributed by atoms with Crippen LogP contribution in [-0.4, -0.2) is 17.1 Å². The van der Waals surface area contributed by atoms with E-state index in [9.17, 15) is 9.59 Å². The summed E-state index contributed by atoms with van der Waals surface area (Å²) in [6.45, 7) is 4.65. The number of allylic oxidation sites excluding steroid dienone is 1. The predicted octanol–water partition coefficient (Wildman–Crippen LogP) is 6.61. The van der Waals surface area contributed by atoms with Gasteiger partial charge >= 0.3 is 0 Å². The van der Waals surface area contributed by atoms with Crippen LogP contribution in [0, 0.1) is 0 Å². The zero-order valence-corrected chi connectivity index (χ0v) is 27.1. The first-order valence-corrected chi connectivity index (χ1v) is 16.1. The highest BCUT2D eigenvalue weighted by Gasteiger charge is 2.32. The van der Waals surface area contributed by atoms with E-state index in [4.69, 9.17) is 14.5 Å². The second-order valence-corrected chi connectivity index (χ2v) is 12.3. The lowest BCUT2D eigenvalue weighted by Crippen LogP contribution is -2.40. The van der Waals surface area contributed by atoms with Gasteiger partial charge in [0.1, 0.15) is 18.1 Å². The summed E-state index contributed by atoms with van der Waals surface area (Å²) in [5, 5.41) is 2.99. The van der Waals surface area contributed by atoms with Crippen LogP contribution in [0.15, 0.2) is 129 Å². The van der Waals surface area contributed by atoms with E-state index in [1.807, 2.05) is 123 Å². The Balaban J connectivity index is 1.41. The van der Waals surface area contributed by atoms with Crippen molar-refractivity contribution in [3.8, 4) is 11.5 Å². The number of nitrogens with one attached hydrogen (secondary N) is 1. The van der Waals surface area contributed by atoms with Gasteiger partial charge < -0.3 is 14.8 Å². The number of benzene rings is 4. The number of hydrogen-bond acceptors (Lipinski definition) is 6. The molecule has 1 amide bonds. The lowest BCUT2D eigenvalue weighted by atomic mass is 9.95. The molecule has 5 aromatic rings. The average molecular weight is 681 g/mol. The van der Waals surface area contributed by atoms with Crippen molar-refractivity contribution in [1.82, 2.24) is 4.57 Å². The summed E-state index contributed by atoms with van der Waals surface area (Å²) in [7, 11) is 0. The van der Waals surface area contributed by atoms with Gasteiger partial charge in [-0.05, 0) is 73.5 Å². The summed E-state index contributed by atoms with van der Waals surface area (Å²) in [6.07, 6.45) is 1.83. The fourth-order valence-electron chi connectivity index (χ4n) is 5.17. The highest BCUT2D eigenvalue weighted by molar-refractivity contribution is 9.10. The Morgan fingerprint density at radius 2 is 1.67 bits per heavy atom. The summed E-state index contributed by atoms with van der Waals surface area (Å²) in [4.78, 5) is 33.3. The Kier molecular flexibility index (Phi) is 9.09. The third kappa shape index (κ3) is 6.69. The first-order valence-electron chi connectivity index (χ1n) is 14.5. The number of amides is 1. The van der Waals surface area contributed by atoms with Crippen LogP contribution in [0.25, 0.3) is 6.08 Å². The Bertz CT molecular complexity index is 2050. The maximum absolute atomic E-state index is 14.2. The van der Waals surface area contributed by atoms with Crippen molar-refractivity contribution in [2.75, 3.05) is 11.9 Å². The Hall–Kier alpha value is -4.73. The number of para-hydroxylation sites is 2. The molecule has 1 aliphatic heterocycles. The maximum Gasteiger partial charge on any atom is 0.271 e. The fourth-order valence-corrected chi connectivity index (χ4v) is 6.48. The van der Waals surface area contributed by atoms with E-state index >= 15 is 0 Å². The Labute approximate surface area is 272 Å². The number of aromatic nitrogens is 1. The molecule has 0 fully saturated rings. The lowest BCUT2D eigenvalue weighted by Gasteiger charge is -2.25. The van der Waals surface area contributed by atoms with Crippen LogP contribution in [0.5, 0.6) is 11.5 Å². The van der Waals surface area contributed by atoms with Gasteiger partial charge in [-0.3, -0.25) is 14.2 Å². The molecule has 2 heterocycles. The normalized spacial score (nSPS) is 14.5. The van der Waals surface area contributed by atoms with Gasteiger partial charge in [-0.1, -0.05) is 87.9 Å². The standard InChI is InChI=1S/C36H30BrN3O4S/c1-3-43-29-19-15-25(16-20-29)33-32(34(41)39-28-10-5-4-6-11-28)23(2)38-36-40(33)35(42)31(45-36)21-26-9-7-8-12-30(26)44-22-24-13-17-27(37)18-14-24/h4-21,33H,3,22H2,1-2H3,(H,39,41)/b31-21-/t33-/m0/s1. The minimum absolute atomic E-state index is 0.238. The van der Waals surface area contributed by atoms with E-state index in [0.29, 0.717) is 51.0 Å². The SMILES string of the molecule is CCOc1ccc([C@H]2C(C(=O)Nc3ccccc3)=C(C)N=c3s/c(=C\c4ccccc4OCc4ccc(Br)cc4)c(=O)n32)cc1. The zero-order chi connectivity index (χ0) is 31.3. The molecule has 45 heavy (non-hydrogen) atoms. The molecule has 0 unspecified atom stereocenters. The Morgan fingerprint density at radius 3 is 2.40 bits per heavy atom. The second-order valence-electron chi connectivity index (χ2n) is 10.4. The van der Waals surface area contributed by atoms with E-state index in [2.05, 4.69) is 21.2 Å². The topological polar surface area (TPSA) is 81.9 Å². The number of halogens is 1. The van der Waals surface area contributed by atoms with Crippen LogP contribution in [-0.2, 0) is 11.4 Å². The van der Waals surface area contributed by atoms with Crippen LogP contribution in [0.2, 0.25) is 0 Å². The smallest absolute Gasteiger partial charge is 0.271 e. The molecule has 7 nitrogen and oxygen atoms in total. The Morgan fingerprint density at radius 1 is 0.956 bits per heavy atom. The van der Waals surface area contributed by atoms with Gasteiger partial charge in [-0.2, -0.15) is 0 Å². The number of carbonyl (C=O) groups excluding carboxylic acids is 1. The number of carbonyl (C=O) groups is 1. The van der Waals surface area contributed by atoms with E-state index in [1.54, 1.807) is 4.57 Å². The van der Waals surface area contributed by atoms with Crippen molar-refractivity contribution in [3.63, 3.8) is 0 Å². The van der Waals surface area contributed by atoms with E-state index < -0.39 is 6.04 Å². The first-order chi connectivity index (χ1) is 21.9. The summed E-state index contributed by atoms with van der Waals surface area (Å²) >= 11 is 4.75. The fraction of sp³-hybridized carbons (Fsp3) is 0.139. The van der Waals surface area contributed by atoms with E-state index in [-0.39, 0.29) is 11.5 Å². The van der Waals surface area contributed by atoms with Crippen molar-refractivity contribution >= 4 is 44.9 Å². The summed E-state index contributed by atoms with van der Waals surface area (Å²) in [5.74, 6) is 1.06. The molecule has 9 heteroatoms. The molecule has 1 N–H and O–H groups in total. The second kappa shape index (κ2) is 13.5. The number of anilines is 1. The van der Waals surface area contributed by atoms with Crippen molar-refractivity contribution in [3.05, 3.63) is 155 Å². The molecule has 1 aliphatic rings. The molecule has 4 aromatic carbocycles. The number of nitrogens with zero attached hydrogens (tertiary/aromatic N) is 2. The molecule has 226 valence electrons. The quantitative estimate of drug-likeness (QED) is 0.190. The van der Waals surface area contributed by atoms with Crippen LogP contribution >= 0.6 is 27.3 Å². The number of ether oxygens (including phenoxy) is 2. The number of hydrogen-bond donors (Lipinski definition) is 1. The molecule has 6 rings (SSSR count). The molecule has 1 aromatic heterocycles. The molecule has 0 bridgehead atoms. The van der Waals surface area contributed by atoms with Gasteiger partial charge in [0, 0.05) is 15.7 Å². The van der Waals surface area contributed by atoms with Gasteiger partial charge in [-0.15, -0.1) is 0 Å². The summed E-state index contributed by atoms with van der Waals surface area (Å²) in [5.41, 5.74) is 3.95. The first kappa shape index (κ1) is 30.3. The van der Waals surface area contributed by atoms with Crippen LogP contribution < -0.4 is 29.7 Å². The van der Waals surface area contributed by atoms with Gasteiger partial charge in [-0.25, -0.2) is 4.99 Å². The van der Waals surface area contributed by atoms with Gasteiger partial charge in [0.2, 0.25) is 0 Å². The molecular weight excluding hydrogens is 650 g/mol. The predicted molar refractivity (Wildman–Crippen MR) is 181 cm³/mol. The van der Waals surface area contributed by atoms with E-state index in [0.717, 1.165) is 21.2 Å². The largest absolute Gasteiger partial charge is 0.494 e. The molecule has 0 aliphatic carbocycles. The lowest BCUT2D eigenvalue weighted by molar-refractivity contribution is -0.113. The monoisotopic (exact) mass is 679 g/mol. The molecule has 0 spiro atoms. The molecular formula is C36H30BrN3O4S. The van der Waals surface area contributed by atoms with Crippen molar-refractivity contribution in [2.45, 2.75) is 26.5 Å². The molecule has 0 saturated heterocycles. The highest BCUT2D eigenvalue weighted by atomic mass is 79.9.